The molecule has 0 saturated carbocycles. The second kappa shape index (κ2) is 15.7. The van der Waals surface area contributed by atoms with Gasteiger partial charge in [-0.15, -0.1) is 0 Å². The number of aliphatic imine (C=N–C) groups is 1. The number of allylic oxidation sites excluding steroid dienone is 2. The summed E-state index contributed by atoms with van der Waals surface area (Å²) in [7, 11) is 1.55. The Labute approximate surface area is 284 Å². The summed E-state index contributed by atoms with van der Waals surface area (Å²) in [6.07, 6.45) is 0.762. The van der Waals surface area contributed by atoms with Gasteiger partial charge < -0.3 is 21.1 Å². The highest BCUT2D eigenvalue weighted by molar-refractivity contribution is 6.12. The van der Waals surface area contributed by atoms with Crippen LogP contribution in [0.2, 0.25) is 0 Å². The van der Waals surface area contributed by atoms with Crippen molar-refractivity contribution in [3.63, 3.8) is 0 Å². The Balaban J connectivity index is 1.59. The molecule has 4 N–H and O–H groups in total. The molecule has 0 radical (unpaired) electrons. The molecule has 2 heterocycles. The zero-order valence-electron chi connectivity index (χ0n) is 27.2. The number of benzene rings is 2. The molecule has 5 rings (SSSR count). The number of amides is 2. The summed E-state index contributed by atoms with van der Waals surface area (Å²) in [5.41, 5.74) is 5.80. The Bertz CT molecular complexity index is 1830. The molecule has 266 valence electrons. The van der Waals surface area contributed by atoms with Crippen molar-refractivity contribution in [1.29, 1.82) is 0 Å². The molecule has 1 aliphatic carbocycles. The minimum Gasteiger partial charge on any atom is -0.383 e. The van der Waals surface area contributed by atoms with Gasteiger partial charge in [0.05, 0.1) is 18.2 Å². The number of nitrogens with zero attached hydrogens (tertiary/aromatic N) is 3. The standard InChI is InChI=1S/C35H36F6N6O3/c1-50-12-11-43-31-8-4-6-24(27(18-44-31)21-9-10-28(38)26(16-21)34(42)49)29(15-20-13-22(36)17-23(37)14-20)45-32(48)19-47-30-7-3-2-5-25(30)33(46-47)35(39,40)41/h8-10,13-14,16-18,29,43H,2-7,11-12,15,19H2,1H3,(H2,42,49)(H,45,48)/b27-24+,31-8?,44-18?/t29-/m1/s1. The van der Waals surface area contributed by atoms with E-state index in [9.17, 15) is 35.9 Å². The molecule has 0 fully saturated rings. The van der Waals surface area contributed by atoms with Crippen LogP contribution in [0.5, 0.6) is 0 Å². The SMILES string of the molecule is COCCNC1=CCC/C([C@@H](Cc2cc(F)cc(F)c2)NC(=O)Cn2nc(C(F)(F)F)c3c2CCCC3)=C(\c2ccc(F)c(C(N)=O)c2)C=N1. The minimum absolute atomic E-state index is 0.0767. The number of hydrogen-bond donors (Lipinski definition) is 3. The molecule has 0 unspecified atom stereocenters. The van der Waals surface area contributed by atoms with Crippen LogP contribution >= 0.6 is 0 Å². The van der Waals surface area contributed by atoms with Crippen LogP contribution in [0.3, 0.4) is 0 Å². The number of carbonyl (C=O) groups is 2. The van der Waals surface area contributed by atoms with E-state index in [1.807, 2.05) is 0 Å². The maximum atomic E-state index is 14.6. The molecule has 2 amide bonds. The Hall–Kier alpha value is -4.92. The van der Waals surface area contributed by atoms with E-state index in [4.69, 9.17) is 10.5 Å². The lowest BCUT2D eigenvalue weighted by Crippen LogP contribution is -2.41. The molecular weight excluding hydrogens is 666 g/mol. The highest BCUT2D eigenvalue weighted by Gasteiger charge is 2.39. The number of nitrogens with two attached hydrogens (primary N) is 1. The topological polar surface area (TPSA) is 124 Å². The van der Waals surface area contributed by atoms with E-state index in [1.165, 1.54) is 18.3 Å². The minimum atomic E-state index is -4.70. The van der Waals surface area contributed by atoms with Crippen LogP contribution in [0.4, 0.5) is 26.3 Å². The first-order chi connectivity index (χ1) is 23.8. The van der Waals surface area contributed by atoms with E-state index in [1.54, 1.807) is 13.2 Å². The number of halogens is 6. The molecule has 0 bridgehead atoms. The number of primary amides is 1. The van der Waals surface area contributed by atoms with Gasteiger partial charge in [0.25, 0.3) is 5.91 Å². The third-order valence-electron chi connectivity index (χ3n) is 8.52. The maximum Gasteiger partial charge on any atom is 0.435 e. The van der Waals surface area contributed by atoms with E-state index < -0.39 is 59.3 Å². The molecule has 0 spiro atoms. The predicted octanol–water partition coefficient (Wildman–Crippen LogP) is 5.42. The molecule has 1 atom stereocenters. The lowest BCUT2D eigenvalue weighted by Gasteiger charge is -2.26. The van der Waals surface area contributed by atoms with E-state index in [0.29, 0.717) is 73.1 Å². The van der Waals surface area contributed by atoms with E-state index >= 15 is 0 Å². The smallest absolute Gasteiger partial charge is 0.383 e. The Morgan fingerprint density at radius 3 is 2.48 bits per heavy atom. The van der Waals surface area contributed by atoms with Gasteiger partial charge >= 0.3 is 6.18 Å². The zero-order chi connectivity index (χ0) is 36.0. The van der Waals surface area contributed by atoms with Crippen LogP contribution in [0.1, 0.15) is 64.1 Å². The van der Waals surface area contributed by atoms with Crippen molar-refractivity contribution < 1.29 is 40.7 Å². The Kier molecular flexibility index (Phi) is 11.5. The van der Waals surface area contributed by atoms with Gasteiger partial charge in [-0.3, -0.25) is 14.3 Å². The van der Waals surface area contributed by atoms with Gasteiger partial charge in [0.15, 0.2) is 5.69 Å². The van der Waals surface area contributed by atoms with E-state index in [0.717, 1.165) is 22.9 Å². The van der Waals surface area contributed by atoms with E-state index in [-0.39, 0.29) is 30.4 Å². The monoisotopic (exact) mass is 702 g/mol. The van der Waals surface area contributed by atoms with Gasteiger partial charge in [-0.25, -0.2) is 18.2 Å². The average Bonchev–Trinajstić information content (AvgIpc) is 3.40. The zero-order valence-corrected chi connectivity index (χ0v) is 27.2. The van der Waals surface area contributed by atoms with Gasteiger partial charge in [0.1, 0.15) is 29.8 Å². The molecule has 50 heavy (non-hydrogen) atoms. The molecule has 9 nitrogen and oxygen atoms in total. The second-order valence-corrected chi connectivity index (χ2v) is 12.0. The number of hydrogen-bond acceptors (Lipinski definition) is 6. The largest absolute Gasteiger partial charge is 0.435 e. The van der Waals surface area contributed by atoms with Gasteiger partial charge in [-0.1, -0.05) is 6.07 Å². The van der Waals surface area contributed by atoms with Crippen molar-refractivity contribution in [3.8, 4) is 0 Å². The molecule has 2 aromatic carbocycles. The number of rotatable bonds is 12. The molecule has 15 heteroatoms. The first-order valence-corrected chi connectivity index (χ1v) is 16.0. The fraction of sp³-hybridized carbons (Fsp3) is 0.371. The van der Waals surface area contributed by atoms with Crippen molar-refractivity contribution in [2.75, 3.05) is 20.3 Å². The van der Waals surface area contributed by atoms with Crippen LogP contribution in [-0.2, 0) is 41.5 Å². The Morgan fingerprint density at radius 2 is 1.78 bits per heavy atom. The number of aromatic nitrogens is 2. The van der Waals surface area contributed by atoms with Crippen LogP contribution in [0.25, 0.3) is 5.57 Å². The first kappa shape index (κ1) is 36.4. The third kappa shape index (κ3) is 8.80. The van der Waals surface area contributed by atoms with E-state index in [2.05, 4.69) is 20.7 Å². The maximum absolute atomic E-state index is 14.6. The van der Waals surface area contributed by atoms with Gasteiger partial charge in [-0.2, -0.15) is 18.3 Å². The molecule has 3 aromatic rings. The number of alkyl halides is 3. The number of carbonyl (C=O) groups excluding carboxylic acids is 2. The fourth-order valence-corrected chi connectivity index (χ4v) is 6.30. The summed E-state index contributed by atoms with van der Waals surface area (Å²) in [5.74, 6) is -3.77. The Morgan fingerprint density at radius 1 is 1.04 bits per heavy atom. The average molecular weight is 703 g/mol. The fourth-order valence-electron chi connectivity index (χ4n) is 6.30. The summed E-state index contributed by atoms with van der Waals surface area (Å²) in [4.78, 5) is 30.3. The van der Waals surface area contributed by atoms with Crippen LogP contribution in [0.15, 0.2) is 58.9 Å². The molecule has 1 aliphatic heterocycles. The summed E-state index contributed by atoms with van der Waals surface area (Å²) >= 11 is 0. The second-order valence-electron chi connectivity index (χ2n) is 12.0. The van der Waals surface area contributed by atoms with Crippen LogP contribution in [0, 0.1) is 17.5 Å². The van der Waals surface area contributed by atoms with Crippen LogP contribution < -0.4 is 16.4 Å². The first-order valence-electron chi connectivity index (χ1n) is 16.0. The molecule has 1 aromatic heterocycles. The summed E-state index contributed by atoms with van der Waals surface area (Å²) in [6, 6.07) is 5.65. The lowest BCUT2D eigenvalue weighted by molar-refractivity contribution is -0.142. The number of ether oxygens (including phenoxy) is 1. The quantitative estimate of drug-likeness (QED) is 0.172. The number of fused-ring (bicyclic) bond motifs is 1. The number of methoxy groups -OCH3 is 1. The van der Waals surface area contributed by atoms with Gasteiger partial charge in [-0.05, 0) is 92.0 Å². The normalized spacial score (nSPS) is 17.0. The summed E-state index contributed by atoms with van der Waals surface area (Å²) in [5, 5.41) is 9.79. The highest BCUT2D eigenvalue weighted by Crippen LogP contribution is 2.36. The summed E-state index contributed by atoms with van der Waals surface area (Å²) < 4.78 is 91.0. The molecule has 0 saturated heterocycles. The highest BCUT2D eigenvalue weighted by atomic mass is 19.4. The van der Waals surface area contributed by atoms with Crippen molar-refractivity contribution in [2.24, 2.45) is 10.7 Å². The van der Waals surface area contributed by atoms with Gasteiger partial charge in [0, 0.05) is 42.8 Å². The number of nitrogens with one attached hydrogen (secondary N) is 2. The van der Waals surface area contributed by atoms with Crippen molar-refractivity contribution in [3.05, 3.63) is 105 Å². The molecule has 2 aliphatic rings. The van der Waals surface area contributed by atoms with Crippen molar-refractivity contribution in [2.45, 2.75) is 63.7 Å². The summed E-state index contributed by atoms with van der Waals surface area (Å²) in [6.45, 7) is 0.285. The third-order valence-corrected chi connectivity index (χ3v) is 8.52. The van der Waals surface area contributed by atoms with Gasteiger partial charge in [0.2, 0.25) is 5.91 Å². The van der Waals surface area contributed by atoms with Crippen molar-refractivity contribution >= 4 is 23.6 Å². The molecular formula is C35H36F6N6O3. The van der Waals surface area contributed by atoms with Crippen LogP contribution in [-0.4, -0.2) is 54.1 Å². The lowest BCUT2D eigenvalue weighted by atomic mass is 9.87. The predicted molar refractivity (Wildman–Crippen MR) is 173 cm³/mol. The van der Waals surface area contributed by atoms with Crippen molar-refractivity contribution in [1.82, 2.24) is 20.4 Å².